The molecule has 0 radical (unpaired) electrons. The maximum absolute atomic E-state index is 12.8. The van der Waals surface area contributed by atoms with E-state index in [0.29, 0.717) is 34.6 Å². The first kappa shape index (κ1) is 19.9. The van der Waals surface area contributed by atoms with E-state index < -0.39 is 5.97 Å². The Bertz CT molecular complexity index is 1090. The van der Waals surface area contributed by atoms with Crippen LogP contribution in [0, 0.1) is 6.92 Å². The largest absolute Gasteiger partial charge is 0.465 e. The summed E-state index contributed by atoms with van der Waals surface area (Å²) in [5, 5.41) is 2.91. The Hall–Kier alpha value is -3.35. The van der Waals surface area contributed by atoms with E-state index in [9.17, 15) is 9.59 Å². The van der Waals surface area contributed by atoms with Gasteiger partial charge in [0.15, 0.2) is 0 Å². The second-order valence-corrected chi connectivity index (χ2v) is 7.54. The standard InChI is InChI=1S/C23H26N4O3/c1-4-18-19(23(29)30-3)14(2)20(26-18)22(28)25-16-10-8-15(9-11-16)21-24-13-17-7-5-6-12-27(17)21/h8-11,13,26H,4-7,12H2,1-3H3,(H,25,28). The van der Waals surface area contributed by atoms with Gasteiger partial charge in [0, 0.05) is 35.4 Å². The molecule has 0 bridgehead atoms. The molecule has 1 amide bonds. The predicted molar refractivity (Wildman–Crippen MR) is 115 cm³/mol. The van der Waals surface area contributed by atoms with Crippen LogP contribution in [-0.2, 0) is 24.1 Å². The lowest BCUT2D eigenvalue weighted by atomic mass is 10.1. The second kappa shape index (κ2) is 8.18. The van der Waals surface area contributed by atoms with Crippen molar-refractivity contribution in [2.75, 3.05) is 12.4 Å². The highest BCUT2D eigenvalue weighted by atomic mass is 16.5. The van der Waals surface area contributed by atoms with Gasteiger partial charge >= 0.3 is 5.97 Å². The number of H-pyrrole nitrogens is 1. The number of nitrogens with zero attached hydrogens (tertiary/aromatic N) is 2. The fraction of sp³-hybridized carbons (Fsp3) is 0.348. The Labute approximate surface area is 175 Å². The van der Waals surface area contributed by atoms with Crippen LogP contribution in [0.2, 0.25) is 0 Å². The number of fused-ring (bicyclic) bond motifs is 1. The Morgan fingerprint density at radius 3 is 2.70 bits per heavy atom. The number of imidazole rings is 1. The summed E-state index contributed by atoms with van der Waals surface area (Å²) in [7, 11) is 1.34. The van der Waals surface area contributed by atoms with E-state index >= 15 is 0 Å². The molecule has 3 aromatic rings. The van der Waals surface area contributed by atoms with E-state index in [-0.39, 0.29) is 5.91 Å². The zero-order valence-corrected chi connectivity index (χ0v) is 17.5. The molecule has 7 nitrogen and oxygen atoms in total. The number of benzene rings is 1. The highest BCUT2D eigenvalue weighted by molar-refractivity contribution is 6.06. The average Bonchev–Trinajstić information content (AvgIpc) is 3.35. The number of hydrogen-bond donors (Lipinski definition) is 2. The van der Waals surface area contributed by atoms with Gasteiger partial charge in [-0.25, -0.2) is 9.78 Å². The van der Waals surface area contributed by atoms with Crippen LogP contribution in [-0.4, -0.2) is 33.5 Å². The van der Waals surface area contributed by atoms with Gasteiger partial charge in [0.2, 0.25) is 0 Å². The molecule has 7 heteroatoms. The van der Waals surface area contributed by atoms with Gasteiger partial charge in [0.25, 0.3) is 5.91 Å². The Balaban J connectivity index is 1.54. The quantitative estimate of drug-likeness (QED) is 0.624. The van der Waals surface area contributed by atoms with Gasteiger partial charge < -0.3 is 19.6 Å². The van der Waals surface area contributed by atoms with Crippen molar-refractivity contribution in [2.24, 2.45) is 0 Å². The van der Waals surface area contributed by atoms with E-state index in [1.54, 1.807) is 6.92 Å². The van der Waals surface area contributed by atoms with Crippen molar-refractivity contribution < 1.29 is 14.3 Å². The molecule has 3 heterocycles. The topological polar surface area (TPSA) is 89.0 Å². The molecule has 0 saturated heterocycles. The number of carbonyl (C=O) groups is 2. The van der Waals surface area contributed by atoms with Crippen LogP contribution in [0.5, 0.6) is 0 Å². The van der Waals surface area contributed by atoms with E-state index in [2.05, 4.69) is 19.9 Å². The lowest BCUT2D eigenvalue weighted by Gasteiger charge is -2.16. The summed E-state index contributed by atoms with van der Waals surface area (Å²) in [6.07, 6.45) is 6.02. The number of anilines is 1. The van der Waals surface area contributed by atoms with Crippen LogP contribution in [0.3, 0.4) is 0 Å². The zero-order valence-electron chi connectivity index (χ0n) is 17.5. The molecule has 2 aromatic heterocycles. The van der Waals surface area contributed by atoms with Crippen molar-refractivity contribution in [3.8, 4) is 11.4 Å². The fourth-order valence-corrected chi connectivity index (χ4v) is 4.09. The number of hydrogen-bond acceptors (Lipinski definition) is 4. The third-order valence-electron chi connectivity index (χ3n) is 5.70. The van der Waals surface area contributed by atoms with Crippen molar-refractivity contribution in [1.82, 2.24) is 14.5 Å². The van der Waals surface area contributed by atoms with Gasteiger partial charge in [0.1, 0.15) is 11.5 Å². The maximum atomic E-state index is 12.8. The first-order valence-corrected chi connectivity index (χ1v) is 10.3. The maximum Gasteiger partial charge on any atom is 0.339 e. The summed E-state index contributed by atoms with van der Waals surface area (Å²) in [6.45, 7) is 4.67. The second-order valence-electron chi connectivity index (χ2n) is 7.54. The lowest BCUT2D eigenvalue weighted by Crippen LogP contribution is -2.14. The number of ether oxygens (including phenoxy) is 1. The zero-order chi connectivity index (χ0) is 21.3. The van der Waals surface area contributed by atoms with Gasteiger partial charge in [-0.3, -0.25) is 4.79 Å². The Kier molecular flexibility index (Phi) is 5.44. The summed E-state index contributed by atoms with van der Waals surface area (Å²) in [5.41, 5.74) is 5.09. The van der Waals surface area contributed by atoms with E-state index in [1.807, 2.05) is 37.4 Å². The Morgan fingerprint density at radius 1 is 1.23 bits per heavy atom. The fourth-order valence-electron chi connectivity index (χ4n) is 4.09. The molecule has 2 N–H and O–H groups in total. The molecule has 0 fully saturated rings. The predicted octanol–water partition coefficient (Wildman–Crippen LogP) is 4.12. The van der Waals surface area contributed by atoms with Crippen molar-refractivity contribution >= 4 is 17.6 Å². The molecular weight excluding hydrogens is 380 g/mol. The first-order valence-electron chi connectivity index (χ1n) is 10.3. The molecular formula is C23H26N4O3. The number of aromatic nitrogens is 3. The summed E-state index contributed by atoms with van der Waals surface area (Å²) in [6, 6.07) is 7.69. The van der Waals surface area contributed by atoms with Crippen molar-refractivity contribution in [2.45, 2.75) is 46.1 Å². The van der Waals surface area contributed by atoms with E-state index in [4.69, 9.17) is 4.74 Å². The van der Waals surface area contributed by atoms with Gasteiger partial charge in [-0.1, -0.05) is 6.92 Å². The van der Waals surface area contributed by atoms with Crippen LogP contribution in [0.1, 0.15) is 57.6 Å². The van der Waals surface area contributed by atoms with Crippen LogP contribution in [0.15, 0.2) is 30.5 Å². The molecule has 30 heavy (non-hydrogen) atoms. The Morgan fingerprint density at radius 2 is 2.00 bits per heavy atom. The highest BCUT2D eigenvalue weighted by Crippen LogP contribution is 2.26. The molecule has 4 rings (SSSR count). The molecule has 156 valence electrons. The van der Waals surface area contributed by atoms with Crippen LogP contribution in [0.25, 0.3) is 11.4 Å². The molecule has 1 aliphatic heterocycles. The van der Waals surface area contributed by atoms with Crippen molar-refractivity contribution in [1.29, 1.82) is 0 Å². The molecule has 1 aliphatic rings. The summed E-state index contributed by atoms with van der Waals surface area (Å²) < 4.78 is 7.14. The third kappa shape index (κ3) is 3.51. The highest BCUT2D eigenvalue weighted by Gasteiger charge is 2.23. The minimum Gasteiger partial charge on any atom is -0.465 e. The van der Waals surface area contributed by atoms with Crippen molar-refractivity contribution in [3.63, 3.8) is 0 Å². The smallest absolute Gasteiger partial charge is 0.339 e. The average molecular weight is 406 g/mol. The summed E-state index contributed by atoms with van der Waals surface area (Å²) in [5.74, 6) is 0.244. The first-order chi connectivity index (χ1) is 14.5. The third-order valence-corrected chi connectivity index (χ3v) is 5.70. The molecule has 0 spiro atoms. The van der Waals surface area contributed by atoms with Gasteiger partial charge in [-0.15, -0.1) is 0 Å². The molecule has 0 atom stereocenters. The van der Waals surface area contributed by atoms with Gasteiger partial charge in [-0.2, -0.15) is 0 Å². The van der Waals surface area contributed by atoms with E-state index in [1.165, 1.54) is 25.6 Å². The van der Waals surface area contributed by atoms with Crippen LogP contribution >= 0.6 is 0 Å². The number of aromatic amines is 1. The van der Waals surface area contributed by atoms with Crippen LogP contribution < -0.4 is 5.32 Å². The number of rotatable bonds is 5. The molecule has 0 saturated carbocycles. The molecule has 0 unspecified atom stereocenters. The number of nitrogens with one attached hydrogen (secondary N) is 2. The van der Waals surface area contributed by atoms with Gasteiger partial charge in [-0.05, 0) is 62.4 Å². The number of methoxy groups -OCH3 is 1. The van der Waals surface area contributed by atoms with Crippen molar-refractivity contribution in [3.05, 3.63) is 58.7 Å². The normalized spacial score (nSPS) is 13.0. The van der Waals surface area contributed by atoms with Crippen LogP contribution in [0.4, 0.5) is 5.69 Å². The number of carbonyl (C=O) groups excluding carboxylic acids is 2. The van der Waals surface area contributed by atoms with Gasteiger partial charge in [0.05, 0.1) is 12.7 Å². The lowest BCUT2D eigenvalue weighted by molar-refractivity contribution is 0.0599. The number of esters is 1. The summed E-state index contributed by atoms with van der Waals surface area (Å²) in [4.78, 5) is 32.6. The minimum absolute atomic E-state index is 0.289. The van der Waals surface area contributed by atoms with E-state index in [0.717, 1.165) is 24.4 Å². The molecule has 0 aliphatic carbocycles. The SMILES string of the molecule is CCc1[nH]c(C(=O)Nc2ccc(-c3ncc4n3CCCC4)cc2)c(C)c1C(=O)OC. The number of aryl methyl sites for hydroxylation is 2. The summed E-state index contributed by atoms with van der Waals surface area (Å²) >= 11 is 0. The monoisotopic (exact) mass is 406 g/mol. The number of amides is 1. The molecule has 1 aromatic carbocycles. The minimum atomic E-state index is -0.438.